The minimum atomic E-state index is -0.100. The lowest BCUT2D eigenvalue weighted by atomic mass is 10.1. The Morgan fingerprint density at radius 1 is 1.12 bits per heavy atom. The predicted octanol–water partition coefficient (Wildman–Crippen LogP) is 2.35. The first kappa shape index (κ1) is 17.8. The number of carbonyl (C=O) groups is 1. The second kappa shape index (κ2) is 8.93. The lowest BCUT2D eigenvalue weighted by Crippen LogP contribution is -2.34. The Morgan fingerprint density at radius 3 is 2.58 bits per heavy atom. The van der Waals surface area contributed by atoms with Crippen LogP contribution >= 0.6 is 0 Å². The van der Waals surface area contributed by atoms with Crippen molar-refractivity contribution in [2.45, 2.75) is 19.9 Å². The molecule has 2 aromatic rings. The van der Waals surface area contributed by atoms with E-state index in [0.717, 1.165) is 16.9 Å². The van der Waals surface area contributed by atoms with Gasteiger partial charge in [-0.1, -0.05) is 24.3 Å². The van der Waals surface area contributed by atoms with Crippen LogP contribution in [0.1, 0.15) is 18.1 Å². The van der Waals surface area contributed by atoms with E-state index in [9.17, 15) is 15.0 Å². The molecule has 0 aliphatic heterocycles. The second-order valence-electron chi connectivity index (χ2n) is 5.47. The van der Waals surface area contributed by atoms with Crippen LogP contribution in [0, 0.1) is 0 Å². The number of amides is 1. The summed E-state index contributed by atoms with van der Waals surface area (Å²) >= 11 is 0. The number of aromatic hydroxyl groups is 1. The van der Waals surface area contributed by atoms with Gasteiger partial charge >= 0.3 is 0 Å². The molecule has 0 radical (unpaired) electrons. The highest BCUT2D eigenvalue weighted by Crippen LogP contribution is 2.16. The van der Waals surface area contributed by atoms with Crippen LogP contribution in [0.15, 0.2) is 48.5 Å². The highest BCUT2D eigenvalue weighted by atomic mass is 16.5. The number of aliphatic hydroxyl groups excluding tert-OH is 1. The van der Waals surface area contributed by atoms with Crippen molar-refractivity contribution in [1.82, 2.24) is 4.90 Å². The Bertz CT molecular complexity index is 672. The molecule has 0 saturated carbocycles. The third kappa shape index (κ3) is 5.28. The number of phenolic OH excluding ortho intramolecular Hbond substituents is 1. The Balaban J connectivity index is 2.07. The molecule has 1 amide bonds. The number of benzene rings is 2. The Morgan fingerprint density at radius 2 is 1.88 bits per heavy atom. The van der Waals surface area contributed by atoms with Crippen molar-refractivity contribution in [1.29, 1.82) is 0 Å². The highest BCUT2D eigenvalue weighted by molar-refractivity contribution is 5.79. The molecule has 2 rings (SSSR count). The lowest BCUT2D eigenvalue weighted by Gasteiger charge is -2.22. The third-order valence-electron chi connectivity index (χ3n) is 3.57. The molecule has 0 fully saturated rings. The molecule has 0 heterocycles. The van der Waals surface area contributed by atoms with E-state index >= 15 is 0 Å². The zero-order valence-corrected chi connectivity index (χ0v) is 13.8. The average molecular weight is 329 g/mol. The minimum Gasteiger partial charge on any atom is -0.508 e. The number of hydrogen-bond acceptors (Lipinski definition) is 4. The SMILES string of the molecule is CCOc1cccc(CN(CCO)C(=O)Cc2cccc(O)c2)c1. The lowest BCUT2D eigenvalue weighted by molar-refractivity contribution is -0.131. The van der Waals surface area contributed by atoms with Gasteiger partial charge in [0.05, 0.1) is 19.6 Å². The van der Waals surface area contributed by atoms with Gasteiger partial charge in [-0.2, -0.15) is 0 Å². The summed E-state index contributed by atoms with van der Waals surface area (Å²) in [7, 11) is 0. The van der Waals surface area contributed by atoms with E-state index in [0.29, 0.717) is 13.2 Å². The standard InChI is InChI=1S/C19H23NO4/c1-2-24-18-8-4-6-16(12-18)14-20(9-10-21)19(23)13-15-5-3-7-17(22)11-15/h3-8,11-12,21-22H,2,9-10,13-14H2,1H3. The molecule has 0 atom stereocenters. The number of hydrogen-bond donors (Lipinski definition) is 2. The maximum Gasteiger partial charge on any atom is 0.227 e. The zero-order valence-electron chi connectivity index (χ0n) is 13.8. The first-order valence-corrected chi connectivity index (χ1v) is 8.00. The smallest absolute Gasteiger partial charge is 0.227 e. The molecule has 0 aliphatic rings. The van der Waals surface area contributed by atoms with Crippen molar-refractivity contribution in [3.63, 3.8) is 0 Å². The van der Waals surface area contributed by atoms with E-state index < -0.39 is 0 Å². The number of phenols is 1. The molecular formula is C19H23NO4. The van der Waals surface area contributed by atoms with Crippen molar-refractivity contribution in [2.24, 2.45) is 0 Å². The topological polar surface area (TPSA) is 70.0 Å². The summed E-state index contributed by atoms with van der Waals surface area (Å²) in [5, 5.41) is 18.8. The first-order chi connectivity index (χ1) is 11.6. The van der Waals surface area contributed by atoms with Crippen LogP contribution in [0.3, 0.4) is 0 Å². The van der Waals surface area contributed by atoms with Gasteiger partial charge in [-0.15, -0.1) is 0 Å². The Labute approximate surface area is 142 Å². The summed E-state index contributed by atoms with van der Waals surface area (Å²) in [5.74, 6) is 0.800. The Kier molecular flexibility index (Phi) is 6.63. The summed E-state index contributed by atoms with van der Waals surface area (Å²) in [5.41, 5.74) is 1.68. The molecule has 0 saturated heterocycles. The van der Waals surface area contributed by atoms with E-state index in [4.69, 9.17) is 4.74 Å². The summed E-state index contributed by atoms with van der Waals surface area (Å²) in [6, 6.07) is 14.2. The van der Waals surface area contributed by atoms with E-state index in [2.05, 4.69) is 0 Å². The van der Waals surface area contributed by atoms with Crippen LogP contribution in [0.5, 0.6) is 11.5 Å². The van der Waals surface area contributed by atoms with E-state index in [-0.39, 0.29) is 31.2 Å². The van der Waals surface area contributed by atoms with Crippen molar-refractivity contribution in [3.8, 4) is 11.5 Å². The fraction of sp³-hybridized carbons (Fsp3) is 0.316. The van der Waals surface area contributed by atoms with Gasteiger partial charge in [0, 0.05) is 13.1 Å². The zero-order chi connectivity index (χ0) is 17.4. The second-order valence-corrected chi connectivity index (χ2v) is 5.47. The molecule has 0 bridgehead atoms. The van der Waals surface area contributed by atoms with Crippen molar-refractivity contribution in [2.75, 3.05) is 19.8 Å². The molecule has 24 heavy (non-hydrogen) atoms. The average Bonchev–Trinajstić information content (AvgIpc) is 2.55. The largest absolute Gasteiger partial charge is 0.508 e. The normalized spacial score (nSPS) is 10.4. The van der Waals surface area contributed by atoms with Crippen LogP contribution in [0.4, 0.5) is 0 Å². The number of aliphatic hydroxyl groups is 1. The number of carbonyl (C=O) groups excluding carboxylic acids is 1. The molecule has 0 spiro atoms. The van der Waals surface area contributed by atoms with Gasteiger partial charge < -0.3 is 19.8 Å². The Hall–Kier alpha value is -2.53. The molecule has 2 aromatic carbocycles. The van der Waals surface area contributed by atoms with Gasteiger partial charge in [-0.3, -0.25) is 4.79 Å². The predicted molar refractivity (Wildman–Crippen MR) is 91.9 cm³/mol. The molecule has 0 aliphatic carbocycles. The van der Waals surface area contributed by atoms with Crippen LogP contribution in [0.25, 0.3) is 0 Å². The minimum absolute atomic E-state index is 0.100. The quantitative estimate of drug-likeness (QED) is 0.780. The number of ether oxygens (including phenoxy) is 1. The summed E-state index contributed by atoms with van der Waals surface area (Å²) in [6.45, 7) is 3.07. The van der Waals surface area contributed by atoms with Gasteiger partial charge in [0.1, 0.15) is 11.5 Å². The highest BCUT2D eigenvalue weighted by Gasteiger charge is 2.15. The molecular weight excluding hydrogens is 306 g/mol. The molecule has 128 valence electrons. The first-order valence-electron chi connectivity index (χ1n) is 8.00. The van der Waals surface area contributed by atoms with Crippen LogP contribution in [-0.2, 0) is 17.8 Å². The molecule has 5 nitrogen and oxygen atoms in total. The van der Waals surface area contributed by atoms with Crippen LogP contribution in [0.2, 0.25) is 0 Å². The maximum absolute atomic E-state index is 12.5. The van der Waals surface area contributed by atoms with Crippen molar-refractivity contribution >= 4 is 5.91 Å². The fourth-order valence-electron chi connectivity index (χ4n) is 2.49. The van der Waals surface area contributed by atoms with Crippen LogP contribution in [-0.4, -0.2) is 40.8 Å². The summed E-state index contributed by atoms with van der Waals surface area (Å²) < 4.78 is 5.48. The van der Waals surface area contributed by atoms with E-state index in [1.54, 1.807) is 29.2 Å². The molecule has 2 N–H and O–H groups in total. The molecule has 5 heteroatoms. The number of nitrogens with zero attached hydrogens (tertiary/aromatic N) is 1. The fourth-order valence-corrected chi connectivity index (χ4v) is 2.49. The third-order valence-corrected chi connectivity index (χ3v) is 3.57. The van der Waals surface area contributed by atoms with Gasteiger partial charge in [0.2, 0.25) is 5.91 Å². The van der Waals surface area contributed by atoms with Gasteiger partial charge in [-0.25, -0.2) is 0 Å². The molecule has 0 unspecified atom stereocenters. The number of rotatable bonds is 8. The van der Waals surface area contributed by atoms with E-state index in [1.807, 2.05) is 31.2 Å². The van der Waals surface area contributed by atoms with Crippen molar-refractivity contribution < 1.29 is 19.7 Å². The monoisotopic (exact) mass is 329 g/mol. The summed E-state index contributed by atoms with van der Waals surface area (Å²) in [4.78, 5) is 14.1. The van der Waals surface area contributed by atoms with Gasteiger partial charge in [0.25, 0.3) is 0 Å². The van der Waals surface area contributed by atoms with Crippen LogP contribution < -0.4 is 4.74 Å². The molecule has 0 aromatic heterocycles. The van der Waals surface area contributed by atoms with Crippen molar-refractivity contribution in [3.05, 3.63) is 59.7 Å². The van der Waals surface area contributed by atoms with Gasteiger partial charge in [-0.05, 0) is 42.3 Å². The van der Waals surface area contributed by atoms with E-state index in [1.165, 1.54) is 0 Å². The van der Waals surface area contributed by atoms with Gasteiger partial charge in [0.15, 0.2) is 0 Å². The maximum atomic E-state index is 12.5. The summed E-state index contributed by atoms with van der Waals surface area (Å²) in [6.07, 6.45) is 0.180.